The van der Waals surface area contributed by atoms with Gasteiger partial charge in [0, 0.05) is 38.4 Å². The van der Waals surface area contributed by atoms with Gasteiger partial charge in [-0.25, -0.2) is 4.98 Å². The van der Waals surface area contributed by atoms with E-state index < -0.39 is 0 Å². The van der Waals surface area contributed by atoms with Gasteiger partial charge in [0.1, 0.15) is 5.82 Å². The van der Waals surface area contributed by atoms with Gasteiger partial charge in [0.2, 0.25) is 0 Å². The smallest absolute Gasteiger partial charge is 0.131 e. The topological polar surface area (TPSA) is 45.4 Å². The molecule has 1 saturated heterocycles. The molecule has 2 aliphatic rings. The van der Waals surface area contributed by atoms with E-state index in [9.17, 15) is 0 Å². The third-order valence-electron chi connectivity index (χ3n) is 4.74. The van der Waals surface area contributed by atoms with Gasteiger partial charge in [-0.3, -0.25) is 4.90 Å². The van der Waals surface area contributed by atoms with Crippen LogP contribution >= 0.6 is 0 Å². The van der Waals surface area contributed by atoms with Gasteiger partial charge in [-0.05, 0) is 37.4 Å². The lowest BCUT2D eigenvalue weighted by molar-refractivity contribution is 0.187. The normalized spacial score (nSPS) is 21.6. The summed E-state index contributed by atoms with van der Waals surface area (Å²) in [4.78, 5) is 9.73. The van der Waals surface area contributed by atoms with Crippen LogP contribution in [0.15, 0.2) is 18.3 Å². The first-order valence-corrected chi connectivity index (χ1v) is 8.01. The molecule has 1 aliphatic carbocycles. The summed E-state index contributed by atoms with van der Waals surface area (Å²) in [5, 5.41) is 0. The molecular formula is C16H26N4. The van der Waals surface area contributed by atoms with Gasteiger partial charge in [0.05, 0.1) is 0 Å². The Kier molecular flexibility index (Phi) is 4.53. The second-order valence-corrected chi connectivity index (χ2v) is 5.99. The first kappa shape index (κ1) is 13.8. The molecule has 0 aromatic carbocycles. The quantitative estimate of drug-likeness (QED) is 0.907. The highest BCUT2D eigenvalue weighted by Crippen LogP contribution is 2.26. The van der Waals surface area contributed by atoms with Crippen molar-refractivity contribution in [2.24, 2.45) is 5.73 Å². The Morgan fingerprint density at radius 1 is 1.15 bits per heavy atom. The summed E-state index contributed by atoms with van der Waals surface area (Å²) in [5.41, 5.74) is 7.00. The van der Waals surface area contributed by atoms with E-state index in [4.69, 9.17) is 5.73 Å². The Bertz CT molecular complexity index is 420. The second-order valence-electron chi connectivity index (χ2n) is 5.99. The Morgan fingerprint density at radius 3 is 2.60 bits per heavy atom. The number of piperazine rings is 1. The molecule has 3 rings (SSSR count). The van der Waals surface area contributed by atoms with Crippen molar-refractivity contribution >= 4 is 5.82 Å². The summed E-state index contributed by atoms with van der Waals surface area (Å²) >= 11 is 0. The van der Waals surface area contributed by atoms with Crippen LogP contribution in [-0.4, -0.2) is 48.6 Å². The second kappa shape index (κ2) is 6.55. The summed E-state index contributed by atoms with van der Waals surface area (Å²) < 4.78 is 0. The number of hydrogen-bond acceptors (Lipinski definition) is 4. The van der Waals surface area contributed by atoms with Crippen LogP contribution in [0.3, 0.4) is 0 Å². The highest BCUT2D eigenvalue weighted by molar-refractivity contribution is 5.47. The predicted molar refractivity (Wildman–Crippen MR) is 83.0 cm³/mol. The molecule has 0 unspecified atom stereocenters. The molecule has 0 radical (unpaired) electrons. The molecule has 0 spiro atoms. The average molecular weight is 274 g/mol. The molecule has 4 heteroatoms. The summed E-state index contributed by atoms with van der Waals surface area (Å²) in [6.07, 6.45) is 8.48. The Hall–Kier alpha value is -1.13. The van der Waals surface area contributed by atoms with E-state index in [0.717, 1.165) is 31.4 Å². The van der Waals surface area contributed by atoms with Crippen molar-refractivity contribution in [1.29, 1.82) is 0 Å². The summed E-state index contributed by atoms with van der Waals surface area (Å²) in [6, 6.07) is 5.03. The molecule has 1 aliphatic heterocycles. The first-order chi connectivity index (χ1) is 9.88. The number of rotatable bonds is 4. The summed E-state index contributed by atoms with van der Waals surface area (Å²) in [5.74, 6) is 1.16. The maximum Gasteiger partial charge on any atom is 0.131 e. The number of pyridine rings is 1. The largest absolute Gasteiger partial charge is 0.354 e. The molecular weight excluding hydrogens is 248 g/mol. The predicted octanol–water partition coefficient (Wildman–Crippen LogP) is 1.65. The lowest BCUT2D eigenvalue weighted by atomic mass is 10.1. The van der Waals surface area contributed by atoms with Crippen LogP contribution in [0.1, 0.15) is 31.2 Å². The highest BCUT2D eigenvalue weighted by atomic mass is 15.3. The standard InChI is InChI=1S/C16H26N4/c17-8-7-14-4-3-9-18-16(14)20-12-10-19(11-13-20)15-5-1-2-6-15/h3-4,9,15H,1-2,5-8,10-13,17H2. The summed E-state index contributed by atoms with van der Waals surface area (Å²) in [7, 11) is 0. The number of hydrogen-bond donors (Lipinski definition) is 1. The number of aromatic nitrogens is 1. The highest BCUT2D eigenvalue weighted by Gasteiger charge is 2.27. The monoisotopic (exact) mass is 274 g/mol. The van der Waals surface area contributed by atoms with Gasteiger partial charge in [-0.15, -0.1) is 0 Å². The fraction of sp³-hybridized carbons (Fsp3) is 0.688. The van der Waals surface area contributed by atoms with Gasteiger partial charge in [0.15, 0.2) is 0 Å². The first-order valence-electron chi connectivity index (χ1n) is 8.01. The third kappa shape index (κ3) is 2.96. The van der Waals surface area contributed by atoms with Crippen LogP contribution in [0.25, 0.3) is 0 Å². The fourth-order valence-corrected chi connectivity index (χ4v) is 3.63. The molecule has 2 heterocycles. The van der Waals surface area contributed by atoms with E-state index in [0.29, 0.717) is 6.54 Å². The maximum atomic E-state index is 5.71. The van der Waals surface area contributed by atoms with Gasteiger partial charge in [-0.2, -0.15) is 0 Å². The van der Waals surface area contributed by atoms with Crippen LogP contribution in [0.4, 0.5) is 5.82 Å². The molecule has 20 heavy (non-hydrogen) atoms. The molecule has 2 N–H and O–H groups in total. The zero-order chi connectivity index (χ0) is 13.8. The van der Waals surface area contributed by atoms with Crippen molar-refractivity contribution in [2.45, 2.75) is 38.1 Å². The van der Waals surface area contributed by atoms with E-state index in [1.165, 1.54) is 44.3 Å². The Morgan fingerprint density at radius 2 is 1.90 bits per heavy atom. The minimum Gasteiger partial charge on any atom is -0.354 e. The van der Waals surface area contributed by atoms with Gasteiger partial charge in [0.25, 0.3) is 0 Å². The molecule has 2 fully saturated rings. The lowest BCUT2D eigenvalue weighted by Gasteiger charge is -2.39. The summed E-state index contributed by atoms with van der Waals surface area (Å²) in [6.45, 7) is 5.27. The van der Waals surface area contributed by atoms with Crippen molar-refractivity contribution < 1.29 is 0 Å². The molecule has 1 aromatic heterocycles. The van der Waals surface area contributed by atoms with Gasteiger partial charge >= 0.3 is 0 Å². The molecule has 0 amide bonds. The van der Waals surface area contributed by atoms with Crippen LogP contribution in [0.2, 0.25) is 0 Å². The van der Waals surface area contributed by atoms with Crippen LogP contribution < -0.4 is 10.6 Å². The number of nitrogens with zero attached hydrogens (tertiary/aromatic N) is 3. The van der Waals surface area contributed by atoms with Crippen LogP contribution in [-0.2, 0) is 6.42 Å². The molecule has 0 bridgehead atoms. The van der Waals surface area contributed by atoms with E-state index in [1.807, 2.05) is 12.3 Å². The van der Waals surface area contributed by atoms with Crippen molar-refractivity contribution in [2.75, 3.05) is 37.6 Å². The molecule has 0 atom stereocenters. The fourth-order valence-electron chi connectivity index (χ4n) is 3.63. The molecule has 1 saturated carbocycles. The van der Waals surface area contributed by atoms with E-state index in [2.05, 4.69) is 20.9 Å². The zero-order valence-corrected chi connectivity index (χ0v) is 12.3. The maximum absolute atomic E-state index is 5.71. The zero-order valence-electron chi connectivity index (χ0n) is 12.3. The number of anilines is 1. The minimum atomic E-state index is 0.695. The molecule has 1 aromatic rings. The van der Waals surface area contributed by atoms with Crippen molar-refractivity contribution in [1.82, 2.24) is 9.88 Å². The average Bonchev–Trinajstić information content (AvgIpc) is 3.03. The van der Waals surface area contributed by atoms with Crippen molar-refractivity contribution in [3.63, 3.8) is 0 Å². The Labute approximate surface area is 122 Å². The van der Waals surface area contributed by atoms with Crippen LogP contribution in [0.5, 0.6) is 0 Å². The van der Waals surface area contributed by atoms with Crippen LogP contribution in [0, 0.1) is 0 Å². The minimum absolute atomic E-state index is 0.695. The Balaban J connectivity index is 1.62. The molecule has 110 valence electrons. The van der Waals surface area contributed by atoms with E-state index in [1.54, 1.807) is 0 Å². The van der Waals surface area contributed by atoms with E-state index >= 15 is 0 Å². The molecule has 4 nitrogen and oxygen atoms in total. The lowest BCUT2D eigenvalue weighted by Crippen LogP contribution is -2.50. The number of nitrogens with two attached hydrogens (primary N) is 1. The van der Waals surface area contributed by atoms with Gasteiger partial charge in [-0.1, -0.05) is 18.9 Å². The van der Waals surface area contributed by atoms with E-state index in [-0.39, 0.29) is 0 Å². The van der Waals surface area contributed by atoms with Crippen molar-refractivity contribution in [3.8, 4) is 0 Å². The van der Waals surface area contributed by atoms with Crippen molar-refractivity contribution in [3.05, 3.63) is 23.9 Å². The SMILES string of the molecule is NCCc1cccnc1N1CCN(C2CCCC2)CC1. The third-order valence-corrected chi connectivity index (χ3v) is 4.74. The van der Waals surface area contributed by atoms with Gasteiger partial charge < -0.3 is 10.6 Å².